The third-order valence-corrected chi connectivity index (χ3v) is 4.48. The highest BCUT2D eigenvalue weighted by atomic mass is 16.6. The van der Waals surface area contributed by atoms with Crippen molar-refractivity contribution >= 4 is 23.3 Å². The van der Waals surface area contributed by atoms with Gasteiger partial charge in [0.2, 0.25) is 0 Å². The van der Waals surface area contributed by atoms with Crippen LogP contribution in [-0.2, 0) is 9.53 Å². The van der Waals surface area contributed by atoms with Crippen LogP contribution in [0.4, 0.5) is 11.4 Å². The molecule has 0 saturated carbocycles. The van der Waals surface area contributed by atoms with Crippen LogP contribution in [0.15, 0.2) is 36.4 Å². The number of nitro benzene ring substituents is 1. The molecule has 0 aromatic heterocycles. The second-order valence-corrected chi connectivity index (χ2v) is 6.51. The minimum atomic E-state index is -0.831. The quantitative estimate of drug-likeness (QED) is 0.401. The van der Waals surface area contributed by atoms with Gasteiger partial charge in [-0.25, -0.2) is 4.79 Å². The van der Waals surface area contributed by atoms with Crippen LogP contribution in [0.25, 0.3) is 0 Å². The van der Waals surface area contributed by atoms with E-state index in [9.17, 15) is 19.7 Å². The van der Waals surface area contributed by atoms with Gasteiger partial charge in [0.05, 0.1) is 16.5 Å². The van der Waals surface area contributed by atoms with Crippen LogP contribution in [0.5, 0.6) is 11.5 Å². The van der Waals surface area contributed by atoms with E-state index in [0.717, 1.165) is 11.6 Å². The molecule has 2 N–H and O–H groups in total. The number of anilines is 1. The zero-order valence-corrected chi connectivity index (χ0v) is 16.5. The van der Waals surface area contributed by atoms with E-state index in [4.69, 9.17) is 14.2 Å². The van der Waals surface area contributed by atoms with Crippen molar-refractivity contribution in [3.05, 3.63) is 57.6 Å². The molecule has 1 aliphatic rings. The van der Waals surface area contributed by atoms with Gasteiger partial charge in [0, 0.05) is 13.1 Å². The number of amides is 1. The lowest BCUT2D eigenvalue weighted by atomic mass is 10.1. The Morgan fingerprint density at radius 2 is 1.90 bits per heavy atom. The molecule has 158 valence electrons. The van der Waals surface area contributed by atoms with Crippen molar-refractivity contribution in [1.29, 1.82) is 0 Å². The number of hydrogen-bond donors (Lipinski definition) is 2. The lowest BCUT2D eigenvalue weighted by Crippen LogP contribution is -2.31. The number of carbonyl (C=O) groups is 2. The Balaban J connectivity index is 1.57. The standard InChI is InChI=1S/C20H21N3O7/c1-12(13-4-6-17-18(10-13)29-8-7-28-17)22-19(24)11-30-20(25)14-3-5-15(21-2)16(9-14)23(26)27/h3-6,9-10,12,21H,7-8,11H2,1-2H3,(H,22,24)/t12-/m0/s1. The van der Waals surface area contributed by atoms with Crippen molar-refractivity contribution in [2.45, 2.75) is 13.0 Å². The number of fused-ring (bicyclic) bond motifs is 1. The molecule has 2 aromatic carbocycles. The zero-order chi connectivity index (χ0) is 21.7. The maximum absolute atomic E-state index is 12.2. The molecule has 1 aliphatic heterocycles. The Kier molecular flexibility index (Phi) is 6.35. The number of nitro groups is 1. The summed E-state index contributed by atoms with van der Waals surface area (Å²) < 4.78 is 16.0. The summed E-state index contributed by atoms with van der Waals surface area (Å²) in [6.07, 6.45) is 0. The van der Waals surface area contributed by atoms with Crippen LogP contribution in [0.2, 0.25) is 0 Å². The fraction of sp³-hybridized carbons (Fsp3) is 0.300. The Hall–Kier alpha value is -3.82. The van der Waals surface area contributed by atoms with E-state index in [0.29, 0.717) is 24.7 Å². The number of hydrogen-bond acceptors (Lipinski definition) is 8. The number of ether oxygens (including phenoxy) is 3. The van der Waals surface area contributed by atoms with Crippen molar-refractivity contribution in [2.75, 3.05) is 32.2 Å². The van der Waals surface area contributed by atoms with Crippen molar-refractivity contribution in [2.24, 2.45) is 0 Å². The first-order valence-corrected chi connectivity index (χ1v) is 9.21. The number of benzene rings is 2. The minimum absolute atomic E-state index is 0.0200. The van der Waals surface area contributed by atoms with Gasteiger partial charge in [-0.3, -0.25) is 14.9 Å². The number of nitrogens with zero attached hydrogens (tertiary/aromatic N) is 1. The largest absolute Gasteiger partial charge is 0.486 e. The molecule has 0 saturated heterocycles. The van der Waals surface area contributed by atoms with Gasteiger partial charge in [-0.2, -0.15) is 0 Å². The molecule has 0 radical (unpaired) electrons. The molecule has 0 bridgehead atoms. The van der Waals surface area contributed by atoms with Gasteiger partial charge in [0.15, 0.2) is 18.1 Å². The number of rotatable bonds is 7. The summed E-state index contributed by atoms with van der Waals surface area (Å²) >= 11 is 0. The van der Waals surface area contributed by atoms with Crippen LogP contribution >= 0.6 is 0 Å². The fourth-order valence-corrected chi connectivity index (χ4v) is 2.93. The highest BCUT2D eigenvalue weighted by Gasteiger charge is 2.20. The van der Waals surface area contributed by atoms with E-state index in [2.05, 4.69) is 10.6 Å². The van der Waals surface area contributed by atoms with E-state index in [1.54, 1.807) is 19.1 Å². The molecular weight excluding hydrogens is 394 g/mol. The monoisotopic (exact) mass is 415 g/mol. The van der Waals surface area contributed by atoms with Crippen LogP contribution in [0.1, 0.15) is 28.9 Å². The van der Waals surface area contributed by atoms with Gasteiger partial charge in [-0.1, -0.05) is 6.07 Å². The molecule has 3 rings (SSSR count). The predicted molar refractivity (Wildman–Crippen MR) is 107 cm³/mol. The molecule has 0 aliphatic carbocycles. The summed E-state index contributed by atoms with van der Waals surface area (Å²) in [7, 11) is 1.54. The molecule has 30 heavy (non-hydrogen) atoms. The fourth-order valence-electron chi connectivity index (χ4n) is 2.93. The van der Waals surface area contributed by atoms with E-state index in [1.807, 2.05) is 6.07 Å². The SMILES string of the molecule is CNc1ccc(C(=O)OCC(=O)N[C@@H](C)c2ccc3c(c2)OCCO3)cc1[N+](=O)[O-]. The van der Waals surface area contributed by atoms with Crippen LogP contribution in [0.3, 0.4) is 0 Å². The lowest BCUT2D eigenvalue weighted by molar-refractivity contribution is -0.384. The van der Waals surface area contributed by atoms with E-state index >= 15 is 0 Å². The maximum Gasteiger partial charge on any atom is 0.338 e. The summed E-state index contributed by atoms with van der Waals surface area (Å²) in [6, 6.07) is 8.90. The molecule has 10 heteroatoms. The molecule has 1 amide bonds. The zero-order valence-electron chi connectivity index (χ0n) is 16.5. The Morgan fingerprint density at radius 1 is 1.17 bits per heavy atom. The van der Waals surface area contributed by atoms with Gasteiger partial charge >= 0.3 is 5.97 Å². The second-order valence-electron chi connectivity index (χ2n) is 6.51. The molecule has 1 atom stereocenters. The minimum Gasteiger partial charge on any atom is -0.486 e. The third kappa shape index (κ3) is 4.77. The van der Waals surface area contributed by atoms with Gasteiger partial charge in [-0.15, -0.1) is 0 Å². The van der Waals surface area contributed by atoms with E-state index < -0.39 is 23.4 Å². The number of carbonyl (C=O) groups excluding carboxylic acids is 2. The Morgan fingerprint density at radius 3 is 2.60 bits per heavy atom. The Labute approximate surface area is 172 Å². The Bertz CT molecular complexity index is 977. The van der Waals surface area contributed by atoms with Crippen LogP contribution in [0, 0.1) is 10.1 Å². The van der Waals surface area contributed by atoms with E-state index in [-0.39, 0.29) is 23.0 Å². The normalized spacial score (nSPS) is 13.1. The number of esters is 1. The molecule has 0 fully saturated rings. The van der Waals surface area contributed by atoms with Gasteiger partial charge in [0.1, 0.15) is 18.9 Å². The highest BCUT2D eigenvalue weighted by Crippen LogP contribution is 2.32. The smallest absolute Gasteiger partial charge is 0.338 e. The summed E-state index contributed by atoms with van der Waals surface area (Å²) in [5.74, 6) is -0.0799. The van der Waals surface area contributed by atoms with Crippen molar-refractivity contribution < 1.29 is 28.7 Å². The molecule has 10 nitrogen and oxygen atoms in total. The summed E-state index contributed by atoms with van der Waals surface area (Å²) in [6.45, 7) is 2.21. The second kappa shape index (κ2) is 9.12. The maximum atomic E-state index is 12.2. The summed E-state index contributed by atoms with van der Waals surface area (Å²) in [5, 5.41) is 16.5. The molecule has 0 unspecified atom stereocenters. The van der Waals surface area contributed by atoms with E-state index in [1.165, 1.54) is 19.2 Å². The molecular formula is C20H21N3O7. The van der Waals surface area contributed by atoms with Crippen molar-refractivity contribution in [1.82, 2.24) is 5.32 Å². The highest BCUT2D eigenvalue weighted by molar-refractivity contribution is 5.93. The van der Waals surface area contributed by atoms with Gasteiger partial charge in [0.25, 0.3) is 11.6 Å². The molecule has 2 aromatic rings. The summed E-state index contributed by atoms with van der Waals surface area (Å²) in [5.41, 5.74) is 0.789. The summed E-state index contributed by atoms with van der Waals surface area (Å²) in [4.78, 5) is 34.8. The van der Waals surface area contributed by atoms with Gasteiger partial charge < -0.3 is 24.8 Å². The van der Waals surface area contributed by atoms with Gasteiger partial charge in [-0.05, 0) is 36.8 Å². The van der Waals surface area contributed by atoms with Crippen molar-refractivity contribution in [3.63, 3.8) is 0 Å². The average Bonchev–Trinajstić information content (AvgIpc) is 2.76. The molecule has 0 spiro atoms. The van der Waals surface area contributed by atoms with Crippen molar-refractivity contribution in [3.8, 4) is 11.5 Å². The van der Waals surface area contributed by atoms with Crippen LogP contribution in [-0.4, -0.2) is 43.7 Å². The van der Waals surface area contributed by atoms with Crippen LogP contribution < -0.4 is 20.1 Å². The topological polar surface area (TPSA) is 129 Å². The third-order valence-electron chi connectivity index (χ3n) is 4.48. The first-order chi connectivity index (χ1) is 14.4. The first kappa shape index (κ1) is 20.9. The lowest BCUT2D eigenvalue weighted by Gasteiger charge is -2.21. The predicted octanol–water partition coefficient (Wildman–Crippen LogP) is 2.44. The average molecular weight is 415 g/mol. The molecule has 1 heterocycles. The number of nitrogens with one attached hydrogen (secondary N) is 2. The first-order valence-electron chi connectivity index (χ1n) is 9.21.